The molecule has 0 radical (unpaired) electrons. The molecule has 0 heterocycles. The molecule has 0 saturated carbocycles. The van der Waals surface area contributed by atoms with E-state index in [1.807, 2.05) is 25.2 Å². The van der Waals surface area contributed by atoms with E-state index in [0.29, 0.717) is 5.02 Å². The summed E-state index contributed by atoms with van der Waals surface area (Å²) in [6.45, 7) is 2.08. The van der Waals surface area contributed by atoms with Gasteiger partial charge < -0.3 is 5.32 Å². The first-order valence-electron chi connectivity index (χ1n) is 5.80. The van der Waals surface area contributed by atoms with Crippen LogP contribution >= 0.6 is 23.2 Å². The Morgan fingerprint density at radius 1 is 1.06 bits per heavy atom. The van der Waals surface area contributed by atoms with Crippen molar-refractivity contribution in [3.8, 4) is 0 Å². The lowest BCUT2D eigenvalue weighted by Crippen LogP contribution is -2.18. The molecule has 2 rings (SSSR count). The third kappa shape index (κ3) is 2.86. The summed E-state index contributed by atoms with van der Waals surface area (Å²) in [5, 5.41) is 4.71. The van der Waals surface area contributed by atoms with Gasteiger partial charge >= 0.3 is 0 Å². The fourth-order valence-electron chi connectivity index (χ4n) is 2.09. The molecule has 94 valence electrons. The van der Waals surface area contributed by atoms with Crippen LogP contribution in [0, 0.1) is 6.92 Å². The van der Waals surface area contributed by atoms with Crippen molar-refractivity contribution in [1.82, 2.24) is 5.32 Å². The van der Waals surface area contributed by atoms with Gasteiger partial charge in [0.25, 0.3) is 0 Å². The SMILES string of the molecule is CNC(c1cccc(C)c1)c1cc(Cl)ccc1Cl. The summed E-state index contributed by atoms with van der Waals surface area (Å²) in [7, 11) is 1.92. The lowest BCUT2D eigenvalue weighted by Gasteiger charge is -2.19. The van der Waals surface area contributed by atoms with Crippen LogP contribution in [0.2, 0.25) is 10.0 Å². The number of hydrogen-bond acceptors (Lipinski definition) is 1. The molecular weight excluding hydrogens is 265 g/mol. The first-order valence-corrected chi connectivity index (χ1v) is 6.56. The number of halogens is 2. The van der Waals surface area contributed by atoms with Crippen LogP contribution in [0.4, 0.5) is 0 Å². The average Bonchev–Trinajstić information content (AvgIpc) is 2.35. The lowest BCUT2D eigenvalue weighted by molar-refractivity contribution is 0.691. The van der Waals surface area contributed by atoms with Gasteiger partial charge in [0.2, 0.25) is 0 Å². The van der Waals surface area contributed by atoms with E-state index >= 15 is 0 Å². The fourth-order valence-corrected chi connectivity index (χ4v) is 2.49. The second-order valence-electron chi connectivity index (χ2n) is 4.30. The summed E-state index contributed by atoms with van der Waals surface area (Å²) >= 11 is 12.3. The second kappa shape index (κ2) is 5.75. The van der Waals surface area contributed by atoms with Gasteiger partial charge in [-0.15, -0.1) is 0 Å². The number of rotatable bonds is 3. The Labute approximate surface area is 118 Å². The molecule has 1 N–H and O–H groups in total. The molecule has 1 atom stereocenters. The molecule has 3 heteroatoms. The molecule has 0 aliphatic carbocycles. The van der Waals surface area contributed by atoms with Crippen LogP contribution in [0.3, 0.4) is 0 Å². The Morgan fingerprint density at radius 2 is 1.83 bits per heavy atom. The topological polar surface area (TPSA) is 12.0 Å². The van der Waals surface area contributed by atoms with Gasteiger partial charge in [0.05, 0.1) is 6.04 Å². The molecule has 0 spiro atoms. The highest BCUT2D eigenvalue weighted by molar-refractivity contribution is 6.33. The normalized spacial score (nSPS) is 12.4. The van der Waals surface area contributed by atoms with Crippen LogP contribution in [0.5, 0.6) is 0 Å². The minimum absolute atomic E-state index is 0.0519. The van der Waals surface area contributed by atoms with E-state index in [0.717, 1.165) is 10.6 Å². The summed E-state index contributed by atoms with van der Waals surface area (Å²) in [5.74, 6) is 0. The zero-order valence-electron chi connectivity index (χ0n) is 10.4. The molecule has 0 aliphatic heterocycles. The van der Waals surface area contributed by atoms with Crippen molar-refractivity contribution in [2.24, 2.45) is 0 Å². The van der Waals surface area contributed by atoms with Crippen LogP contribution in [0.25, 0.3) is 0 Å². The predicted octanol–water partition coefficient (Wildman–Crippen LogP) is 4.61. The maximum absolute atomic E-state index is 6.26. The first kappa shape index (κ1) is 13.4. The van der Waals surface area contributed by atoms with Crippen molar-refractivity contribution in [1.29, 1.82) is 0 Å². The summed E-state index contributed by atoms with van der Waals surface area (Å²) in [6, 6.07) is 14.0. The molecular formula is C15H15Cl2N. The molecule has 1 unspecified atom stereocenters. The third-order valence-electron chi connectivity index (χ3n) is 2.93. The van der Waals surface area contributed by atoms with Crippen molar-refractivity contribution < 1.29 is 0 Å². The summed E-state index contributed by atoms with van der Waals surface area (Å²) < 4.78 is 0. The summed E-state index contributed by atoms with van der Waals surface area (Å²) in [5.41, 5.74) is 3.41. The van der Waals surface area contributed by atoms with E-state index in [2.05, 4.69) is 30.4 Å². The van der Waals surface area contributed by atoms with E-state index in [-0.39, 0.29) is 6.04 Å². The zero-order chi connectivity index (χ0) is 13.1. The van der Waals surface area contributed by atoms with Crippen molar-refractivity contribution in [3.63, 3.8) is 0 Å². The van der Waals surface area contributed by atoms with Gasteiger partial charge in [0.15, 0.2) is 0 Å². The smallest absolute Gasteiger partial charge is 0.0589 e. The van der Waals surface area contributed by atoms with Crippen molar-refractivity contribution >= 4 is 23.2 Å². The van der Waals surface area contributed by atoms with Gasteiger partial charge in [0, 0.05) is 10.0 Å². The Morgan fingerprint density at radius 3 is 2.50 bits per heavy atom. The average molecular weight is 280 g/mol. The highest BCUT2D eigenvalue weighted by Gasteiger charge is 2.15. The Balaban J connectivity index is 2.48. The summed E-state index contributed by atoms with van der Waals surface area (Å²) in [4.78, 5) is 0. The van der Waals surface area contributed by atoms with Crippen LogP contribution in [0.1, 0.15) is 22.7 Å². The molecule has 18 heavy (non-hydrogen) atoms. The van der Waals surface area contributed by atoms with Gasteiger partial charge in [-0.25, -0.2) is 0 Å². The molecule has 0 fully saturated rings. The van der Waals surface area contributed by atoms with Gasteiger partial charge in [-0.1, -0.05) is 53.0 Å². The van der Waals surface area contributed by atoms with Crippen LogP contribution < -0.4 is 5.32 Å². The predicted molar refractivity (Wildman–Crippen MR) is 78.5 cm³/mol. The quantitative estimate of drug-likeness (QED) is 0.865. The number of aryl methyl sites for hydroxylation is 1. The second-order valence-corrected chi connectivity index (χ2v) is 5.15. The fraction of sp³-hybridized carbons (Fsp3) is 0.200. The van der Waals surface area contributed by atoms with Gasteiger partial charge in [-0.3, -0.25) is 0 Å². The standard InChI is InChI=1S/C15H15Cl2N/c1-10-4-3-5-11(8-10)15(18-2)13-9-12(16)6-7-14(13)17/h3-9,15,18H,1-2H3. The van der Waals surface area contributed by atoms with E-state index < -0.39 is 0 Å². The minimum Gasteiger partial charge on any atom is -0.309 e. The summed E-state index contributed by atoms with van der Waals surface area (Å²) in [6.07, 6.45) is 0. The zero-order valence-corrected chi connectivity index (χ0v) is 11.9. The monoisotopic (exact) mass is 279 g/mol. The Bertz CT molecular complexity index is 552. The molecule has 0 bridgehead atoms. The third-order valence-corrected chi connectivity index (χ3v) is 3.51. The maximum atomic E-state index is 6.26. The van der Waals surface area contributed by atoms with Crippen molar-refractivity contribution in [3.05, 3.63) is 69.2 Å². The van der Waals surface area contributed by atoms with Gasteiger partial charge in [-0.2, -0.15) is 0 Å². The Hall–Kier alpha value is -1.02. The van der Waals surface area contributed by atoms with Gasteiger partial charge in [-0.05, 0) is 43.3 Å². The number of benzene rings is 2. The Kier molecular flexibility index (Phi) is 4.28. The molecule has 0 aliphatic rings. The van der Waals surface area contributed by atoms with E-state index in [1.54, 1.807) is 6.07 Å². The molecule has 0 amide bonds. The largest absolute Gasteiger partial charge is 0.309 e. The number of hydrogen-bond donors (Lipinski definition) is 1. The van der Waals surface area contributed by atoms with Gasteiger partial charge in [0.1, 0.15) is 0 Å². The molecule has 0 aromatic heterocycles. The first-order chi connectivity index (χ1) is 8.61. The van der Waals surface area contributed by atoms with Crippen LogP contribution in [0.15, 0.2) is 42.5 Å². The van der Waals surface area contributed by atoms with E-state index in [9.17, 15) is 0 Å². The lowest BCUT2D eigenvalue weighted by atomic mass is 9.97. The van der Waals surface area contributed by atoms with Crippen molar-refractivity contribution in [2.75, 3.05) is 7.05 Å². The van der Waals surface area contributed by atoms with Crippen molar-refractivity contribution in [2.45, 2.75) is 13.0 Å². The molecule has 2 aromatic carbocycles. The van der Waals surface area contributed by atoms with E-state index in [1.165, 1.54) is 11.1 Å². The van der Waals surface area contributed by atoms with Crippen LogP contribution in [-0.2, 0) is 0 Å². The highest BCUT2D eigenvalue weighted by Crippen LogP contribution is 2.30. The molecule has 0 saturated heterocycles. The maximum Gasteiger partial charge on any atom is 0.0589 e. The van der Waals surface area contributed by atoms with E-state index in [4.69, 9.17) is 23.2 Å². The van der Waals surface area contributed by atoms with Crippen LogP contribution in [-0.4, -0.2) is 7.05 Å². The molecule has 2 aromatic rings. The number of nitrogens with one attached hydrogen (secondary N) is 1. The minimum atomic E-state index is 0.0519. The molecule has 1 nitrogen and oxygen atoms in total. The highest BCUT2D eigenvalue weighted by atomic mass is 35.5.